The van der Waals surface area contributed by atoms with E-state index in [1.807, 2.05) is 66.7 Å². The number of aromatic nitrogens is 4. The van der Waals surface area contributed by atoms with Crippen molar-refractivity contribution in [2.24, 2.45) is 5.92 Å². The van der Waals surface area contributed by atoms with Crippen LogP contribution < -0.4 is 15.8 Å². The summed E-state index contributed by atoms with van der Waals surface area (Å²) in [7, 11) is 0. The van der Waals surface area contributed by atoms with Crippen LogP contribution in [0.5, 0.6) is 11.5 Å². The van der Waals surface area contributed by atoms with Gasteiger partial charge in [0.2, 0.25) is 11.8 Å². The molecule has 3 fully saturated rings. The molecule has 0 spiro atoms. The zero-order valence-electron chi connectivity index (χ0n) is 30.4. The number of rotatable bonds is 8. The molecule has 1 unspecified atom stereocenters. The zero-order valence-corrected chi connectivity index (χ0v) is 30.4. The lowest BCUT2D eigenvalue weighted by Gasteiger charge is -2.37. The number of fused-ring (bicyclic) bond motifs is 2. The van der Waals surface area contributed by atoms with Gasteiger partial charge in [-0.05, 0) is 124 Å². The summed E-state index contributed by atoms with van der Waals surface area (Å²) >= 11 is 0. The minimum Gasteiger partial charge on any atom is -0.457 e. The number of carbonyl (C=O) groups is 4. The largest absolute Gasteiger partial charge is 0.457 e. The molecule has 0 bridgehead atoms. The molecule has 3 N–H and O–H groups in total. The van der Waals surface area contributed by atoms with Gasteiger partial charge in [-0.1, -0.05) is 24.3 Å². The number of nitrogens with two attached hydrogens (primary N) is 1. The maximum absolute atomic E-state index is 13.4. The van der Waals surface area contributed by atoms with Crippen LogP contribution in [0.2, 0.25) is 0 Å². The van der Waals surface area contributed by atoms with Crippen molar-refractivity contribution in [1.82, 2.24) is 34.9 Å². The average Bonchev–Trinajstić information content (AvgIpc) is 3.71. The second-order valence-corrected chi connectivity index (χ2v) is 15.2. The third-order valence-electron chi connectivity index (χ3n) is 11.8. The number of anilines is 1. The van der Waals surface area contributed by atoms with Crippen LogP contribution in [0, 0.1) is 5.92 Å². The van der Waals surface area contributed by atoms with E-state index in [2.05, 4.69) is 24.9 Å². The van der Waals surface area contributed by atoms with Gasteiger partial charge in [0.1, 0.15) is 35.4 Å². The Balaban J connectivity index is 0.810. The lowest BCUT2D eigenvalue weighted by atomic mass is 9.84. The van der Waals surface area contributed by atoms with E-state index < -0.39 is 23.8 Å². The fraction of sp³-hybridized carbons (Fsp3) is 0.357. The molecule has 1 aliphatic carbocycles. The highest BCUT2D eigenvalue weighted by molar-refractivity contribution is 6.23. The summed E-state index contributed by atoms with van der Waals surface area (Å²) < 4.78 is 8.07. The molecule has 13 nitrogen and oxygen atoms in total. The van der Waals surface area contributed by atoms with Crippen molar-refractivity contribution in [3.05, 3.63) is 95.8 Å². The van der Waals surface area contributed by atoms with E-state index in [0.717, 1.165) is 102 Å². The summed E-state index contributed by atoms with van der Waals surface area (Å²) in [5, 5.41) is 8.14. The molecular formula is C42H42N8O5. The molecule has 1 saturated carbocycles. The number of ether oxygens (including phenoxy) is 1. The summed E-state index contributed by atoms with van der Waals surface area (Å²) in [6.07, 6.45) is 7.90. The summed E-state index contributed by atoms with van der Waals surface area (Å²) in [4.78, 5) is 63.2. The number of carbonyl (C=O) groups excluding carboxylic acids is 4. The first-order valence-corrected chi connectivity index (χ1v) is 19.2. The monoisotopic (exact) mass is 738 g/mol. The second-order valence-electron chi connectivity index (χ2n) is 15.2. The summed E-state index contributed by atoms with van der Waals surface area (Å²) in [5.74, 6) is 0.910. The number of likely N-dealkylation sites (tertiary alicyclic amines) is 1. The number of nitrogen functional groups attached to an aromatic ring is 1. The average molecular weight is 739 g/mol. The first-order valence-electron chi connectivity index (χ1n) is 19.2. The van der Waals surface area contributed by atoms with E-state index in [4.69, 9.17) is 15.6 Å². The van der Waals surface area contributed by atoms with Crippen molar-refractivity contribution < 1.29 is 23.9 Å². The molecule has 3 aliphatic heterocycles. The molecule has 5 heterocycles. The van der Waals surface area contributed by atoms with Crippen LogP contribution in [0.1, 0.15) is 89.6 Å². The van der Waals surface area contributed by atoms with Gasteiger partial charge in [0, 0.05) is 18.5 Å². The lowest BCUT2D eigenvalue weighted by molar-refractivity contribution is -0.136. The Hall–Kier alpha value is -5.95. The van der Waals surface area contributed by atoms with Gasteiger partial charge in [0.25, 0.3) is 11.8 Å². The third-order valence-corrected chi connectivity index (χ3v) is 11.8. The molecule has 0 radical (unpaired) electrons. The van der Waals surface area contributed by atoms with Gasteiger partial charge in [0.05, 0.1) is 22.6 Å². The highest BCUT2D eigenvalue weighted by Crippen LogP contribution is 2.39. The molecular weight excluding hydrogens is 697 g/mol. The van der Waals surface area contributed by atoms with E-state index >= 15 is 0 Å². The molecule has 9 rings (SSSR count). The van der Waals surface area contributed by atoms with E-state index in [0.29, 0.717) is 22.9 Å². The third kappa shape index (κ3) is 6.62. The lowest BCUT2D eigenvalue weighted by Crippen LogP contribution is -2.54. The van der Waals surface area contributed by atoms with Crippen molar-refractivity contribution in [2.75, 3.05) is 25.4 Å². The molecule has 3 aromatic carbocycles. The highest BCUT2D eigenvalue weighted by atomic mass is 16.5. The van der Waals surface area contributed by atoms with Crippen LogP contribution in [0.3, 0.4) is 0 Å². The summed E-state index contributed by atoms with van der Waals surface area (Å²) in [6.45, 7) is 2.99. The van der Waals surface area contributed by atoms with Gasteiger partial charge >= 0.3 is 0 Å². The zero-order chi connectivity index (χ0) is 37.6. The quantitative estimate of drug-likeness (QED) is 0.184. The Labute approximate surface area is 317 Å². The van der Waals surface area contributed by atoms with Gasteiger partial charge in [-0.2, -0.15) is 5.10 Å². The molecule has 13 heteroatoms. The van der Waals surface area contributed by atoms with Crippen molar-refractivity contribution in [3.8, 4) is 22.8 Å². The van der Waals surface area contributed by atoms with Crippen LogP contribution in [0.4, 0.5) is 5.82 Å². The minimum atomic E-state index is -0.958. The predicted molar refractivity (Wildman–Crippen MR) is 204 cm³/mol. The molecule has 4 aliphatic rings. The Morgan fingerprint density at radius 2 is 1.51 bits per heavy atom. The first-order chi connectivity index (χ1) is 26.8. The molecule has 2 saturated heterocycles. The Kier molecular flexibility index (Phi) is 9.09. The van der Waals surface area contributed by atoms with Crippen LogP contribution >= 0.6 is 0 Å². The number of nitrogens with zero attached hydrogens (tertiary/aromatic N) is 6. The van der Waals surface area contributed by atoms with E-state index in [1.165, 1.54) is 6.33 Å². The van der Waals surface area contributed by atoms with Gasteiger partial charge in [0.15, 0.2) is 5.65 Å². The fourth-order valence-corrected chi connectivity index (χ4v) is 8.89. The van der Waals surface area contributed by atoms with Gasteiger partial charge < -0.3 is 15.4 Å². The van der Waals surface area contributed by atoms with Crippen LogP contribution in [-0.4, -0.2) is 78.9 Å². The number of nitrogens with one attached hydrogen (secondary N) is 1. The highest BCUT2D eigenvalue weighted by Gasteiger charge is 2.45. The van der Waals surface area contributed by atoms with Crippen LogP contribution in [0.15, 0.2) is 79.1 Å². The number of benzene rings is 3. The molecule has 1 atom stereocenters. The SMILES string of the molecule is Nc1ncnc2c1c(-c1ccc(Oc3ccccc3)cc1)nn2C1CCC(CN2CCC(c3ccc4c(c3)C(=O)N(C3CCC(=O)NC3=O)C4=O)CC2)CC1. The molecule has 2 aromatic heterocycles. The number of hydrogen-bond acceptors (Lipinski definition) is 10. The second kappa shape index (κ2) is 14.4. The number of piperidine rings is 2. The van der Waals surface area contributed by atoms with Gasteiger partial charge in [-0.25, -0.2) is 14.6 Å². The van der Waals surface area contributed by atoms with E-state index in [9.17, 15) is 19.2 Å². The maximum Gasteiger partial charge on any atom is 0.262 e. The molecule has 4 amide bonds. The molecule has 55 heavy (non-hydrogen) atoms. The van der Waals surface area contributed by atoms with Crippen molar-refractivity contribution >= 4 is 40.5 Å². The van der Waals surface area contributed by atoms with E-state index in [-0.39, 0.29) is 30.7 Å². The van der Waals surface area contributed by atoms with Crippen LogP contribution in [-0.2, 0) is 9.59 Å². The number of amides is 4. The van der Waals surface area contributed by atoms with Crippen molar-refractivity contribution in [3.63, 3.8) is 0 Å². The van der Waals surface area contributed by atoms with Gasteiger partial charge in [-0.3, -0.25) is 29.4 Å². The number of para-hydroxylation sites is 1. The minimum absolute atomic E-state index is 0.102. The Morgan fingerprint density at radius 1 is 0.782 bits per heavy atom. The topological polar surface area (TPSA) is 166 Å². The Bertz CT molecular complexity index is 2290. The smallest absolute Gasteiger partial charge is 0.262 e. The first kappa shape index (κ1) is 34.8. The summed E-state index contributed by atoms with van der Waals surface area (Å²) in [6, 6.07) is 22.4. The molecule has 280 valence electrons. The molecule has 5 aromatic rings. The fourth-order valence-electron chi connectivity index (χ4n) is 8.89. The van der Waals surface area contributed by atoms with Crippen molar-refractivity contribution in [2.45, 2.75) is 69.4 Å². The predicted octanol–water partition coefficient (Wildman–Crippen LogP) is 5.88. The number of imide groups is 2. The maximum atomic E-state index is 13.4. The van der Waals surface area contributed by atoms with Gasteiger partial charge in [-0.15, -0.1) is 0 Å². The van der Waals surface area contributed by atoms with Crippen molar-refractivity contribution in [1.29, 1.82) is 0 Å². The van der Waals surface area contributed by atoms with E-state index in [1.54, 1.807) is 6.07 Å². The summed E-state index contributed by atoms with van der Waals surface area (Å²) in [5.41, 5.74) is 10.6. The van der Waals surface area contributed by atoms with Crippen LogP contribution in [0.25, 0.3) is 22.3 Å². The Morgan fingerprint density at radius 3 is 2.25 bits per heavy atom. The standard InChI is InChI=1S/C42H42N8O5/c43-38-36-37(27-8-13-31(14-9-27)55-30-4-2-1-3-5-30)47-50(39(36)45-24-44-38)29-11-6-25(7-12-29)23-48-20-18-26(19-21-48)28-10-15-32-33(22-28)42(54)49(41(32)53)34-16-17-35(51)46-40(34)52/h1-5,8-10,13-15,22,24-26,29,34H,6-7,11-12,16-21,23H2,(H2,43,44,45)(H,46,51,52). The number of hydrogen-bond donors (Lipinski definition) is 2. The normalized spacial score (nSPS) is 22.3.